The number of carbonyl (C=O) groups is 2. The summed E-state index contributed by atoms with van der Waals surface area (Å²) in [5.74, 6) is -0.341. The SMILES string of the molecule is CCCOc1ccc(C(O)=C2C(=O)C(=O)N(CCN3CCOCC3)[C@H]2c2ccc(C(C)C)cc2)cc1. The van der Waals surface area contributed by atoms with Crippen LogP contribution in [0, 0.1) is 0 Å². The van der Waals surface area contributed by atoms with Crippen LogP contribution in [-0.4, -0.2) is 72.6 Å². The van der Waals surface area contributed by atoms with Crippen LogP contribution >= 0.6 is 0 Å². The van der Waals surface area contributed by atoms with Gasteiger partial charge in [0.05, 0.1) is 31.4 Å². The minimum Gasteiger partial charge on any atom is -0.507 e. The molecular formula is C29H36N2O5. The molecule has 7 nitrogen and oxygen atoms in total. The molecule has 2 aromatic carbocycles. The predicted octanol–water partition coefficient (Wildman–Crippen LogP) is 4.35. The molecule has 2 aromatic rings. The van der Waals surface area contributed by atoms with Crippen molar-refractivity contribution in [2.75, 3.05) is 46.0 Å². The Kier molecular flexibility index (Phi) is 8.44. The van der Waals surface area contributed by atoms with Gasteiger partial charge in [0.15, 0.2) is 0 Å². The lowest BCUT2D eigenvalue weighted by Crippen LogP contribution is -2.42. The molecular weight excluding hydrogens is 456 g/mol. The number of hydrogen-bond acceptors (Lipinski definition) is 6. The van der Waals surface area contributed by atoms with Crippen molar-refractivity contribution in [2.24, 2.45) is 0 Å². The van der Waals surface area contributed by atoms with Crippen molar-refractivity contribution in [1.82, 2.24) is 9.80 Å². The summed E-state index contributed by atoms with van der Waals surface area (Å²) in [5, 5.41) is 11.3. The van der Waals surface area contributed by atoms with Gasteiger partial charge in [-0.15, -0.1) is 0 Å². The Bertz CT molecular complexity index is 1090. The summed E-state index contributed by atoms with van der Waals surface area (Å²) in [6.45, 7) is 10.8. The van der Waals surface area contributed by atoms with Gasteiger partial charge in [0, 0.05) is 31.7 Å². The molecule has 2 saturated heterocycles. The molecule has 192 valence electrons. The number of morpholine rings is 1. The van der Waals surface area contributed by atoms with Crippen molar-refractivity contribution in [2.45, 2.75) is 39.2 Å². The summed E-state index contributed by atoms with van der Waals surface area (Å²) in [7, 11) is 0. The fourth-order valence-corrected chi connectivity index (χ4v) is 4.68. The second-order valence-corrected chi connectivity index (χ2v) is 9.64. The van der Waals surface area contributed by atoms with E-state index in [-0.39, 0.29) is 11.3 Å². The van der Waals surface area contributed by atoms with Gasteiger partial charge < -0.3 is 19.5 Å². The van der Waals surface area contributed by atoms with E-state index in [1.165, 1.54) is 5.56 Å². The van der Waals surface area contributed by atoms with Crippen LogP contribution in [0.4, 0.5) is 0 Å². The third-order valence-electron chi connectivity index (χ3n) is 6.82. The van der Waals surface area contributed by atoms with Crippen LogP contribution < -0.4 is 4.74 Å². The molecule has 0 saturated carbocycles. The van der Waals surface area contributed by atoms with E-state index in [9.17, 15) is 14.7 Å². The second-order valence-electron chi connectivity index (χ2n) is 9.64. The second kappa shape index (κ2) is 11.7. The zero-order valence-electron chi connectivity index (χ0n) is 21.4. The normalized spacial score (nSPS) is 20.3. The molecule has 1 amide bonds. The highest BCUT2D eigenvalue weighted by molar-refractivity contribution is 6.46. The third kappa shape index (κ3) is 5.63. The average Bonchev–Trinajstić information content (AvgIpc) is 3.16. The summed E-state index contributed by atoms with van der Waals surface area (Å²) < 4.78 is 11.1. The van der Waals surface area contributed by atoms with Crippen LogP contribution in [0.25, 0.3) is 5.76 Å². The molecule has 2 fully saturated rings. The number of hydrogen-bond donors (Lipinski definition) is 1. The van der Waals surface area contributed by atoms with E-state index >= 15 is 0 Å². The molecule has 36 heavy (non-hydrogen) atoms. The summed E-state index contributed by atoms with van der Waals surface area (Å²) in [5.41, 5.74) is 2.59. The van der Waals surface area contributed by atoms with Crippen LogP contribution in [0.2, 0.25) is 0 Å². The maximum Gasteiger partial charge on any atom is 0.295 e. The van der Waals surface area contributed by atoms with Crippen molar-refractivity contribution < 1.29 is 24.2 Å². The molecule has 1 atom stereocenters. The first-order valence-corrected chi connectivity index (χ1v) is 12.8. The van der Waals surface area contributed by atoms with Gasteiger partial charge in [-0.3, -0.25) is 14.5 Å². The lowest BCUT2D eigenvalue weighted by atomic mass is 9.93. The van der Waals surface area contributed by atoms with Crippen LogP contribution in [0.15, 0.2) is 54.1 Å². The zero-order valence-corrected chi connectivity index (χ0v) is 21.4. The highest BCUT2D eigenvalue weighted by atomic mass is 16.5. The first-order valence-electron chi connectivity index (χ1n) is 12.8. The third-order valence-corrected chi connectivity index (χ3v) is 6.82. The molecule has 0 aliphatic carbocycles. The Morgan fingerprint density at radius 2 is 1.69 bits per heavy atom. The van der Waals surface area contributed by atoms with E-state index in [2.05, 4.69) is 18.7 Å². The highest BCUT2D eigenvalue weighted by Gasteiger charge is 2.46. The van der Waals surface area contributed by atoms with Crippen LogP contribution in [0.3, 0.4) is 0 Å². The summed E-state index contributed by atoms with van der Waals surface area (Å²) in [4.78, 5) is 30.3. The molecule has 1 N–H and O–H groups in total. The van der Waals surface area contributed by atoms with Gasteiger partial charge in [0.1, 0.15) is 11.5 Å². The molecule has 0 unspecified atom stereocenters. The quantitative estimate of drug-likeness (QED) is 0.319. The van der Waals surface area contributed by atoms with Crippen molar-refractivity contribution >= 4 is 17.4 Å². The van der Waals surface area contributed by atoms with Crippen molar-refractivity contribution in [1.29, 1.82) is 0 Å². The van der Waals surface area contributed by atoms with Crippen LogP contribution in [-0.2, 0) is 14.3 Å². The van der Waals surface area contributed by atoms with Gasteiger partial charge in [-0.2, -0.15) is 0 Å². The fourth-order valence-electron chi connectivity index (χ4n) is 4.68. The van der Waals surface area contributed by atoms with Gasteiger partial charge >= 0.3 is 0 Å². The van der Waals surface area contributed by atoms with E-state index in [0.717, 1.165) is 25.1 Å². The Morgan fingerprint density at radius 1 is 1.03 bits per heavy atom. The monoisotopic (exact) mass is 492 g/mol. The van der Waals surface area contributed by atoms with E-state index in [4.69, 9.17) is 9.47 Å². The van der Waals surface area contributed by atoms with Gasteiger partial charge in [-0.25, -0.2) is 0 Å². The molecule has 2 heterocycles. The smallest absolute Gasteiger partial charge is 0.295 e. The lowest BCUT2D eigenvalue weighted by molar-refractivity contribution is -0.140. The largest absolute Gasteiger partial charge is 0.507 e. The topological polar surface area (TPSA) is 79.3 Å². The number of rotatable bonds is 9. The van der Waals surface area contributed by atoms with Crippen molar-refractivity contribution in [3.05, 3.63) is 70.8 Å². The fraction of sp³-hybridized carbons (Fsp3) is 0.448. The number of ketones is 1. The van der Waals surface area contributed by atoms with Crippen LogP contribution in [0.1, 0.15) is 55.8 Å². The number of likely N-dealkylation sites (tertiary alicyclic amines) is 1. The maximum atomic E-state index is 13.3. The average molecular weight is 493 g/mol. The number of ether oxygens (including phenoxy) is 2. The van der Waals surface area contributed by atoms with E-state index in [1.807, 2.05) is 31.2 Å². The first kappa shape index (κ1) is 25.9. The first-order chi connectivity index (χ1) is 17.4. The number of aliphatic hydroxyl groups excluding tert-OH is 1. The molecule has 4 rings (SSSR count). The van der Waals surface area contributed by atoms with E-state index < -0.39 is 17.7 Å². The standard InChI is InChI=1S/C29H36N2O5/c1-4-17-36-24-11-9-23(10-12-24)27(32)25-26(22-7-5-21(6-8-22)20(2)3)31(29(34)28(25)33)14-13-30-15-18-35-19-16-30/h5-12,20,26,32H,4,13-19H2,1-3H3/t26-/m0/s1. The van der Waals surface area contributed by atoms with Crippen LogP contribution in [0.5, 0.6) is 5.75 Å². The van der Waals surface area contributed by atoms with Crippen molar-refractivity contribution in [3.8, 4) is 5.75 Å². The Morgan fingerprint density at radius 3 is 2.31 bits per heavy atom. The number of benzene rings is 2. The number of aliphatic hydroxyl groups is 1. The summed E-state index contributed by atoms with van der Waals surface area (Å²) in [6.07, 6.45) is 0.894. The van der Waals surface area contributed by atoms with Crippen molar-refractivity contribution in [3.63, 3.8) is 0 Å². The highest BCUT2D eigenvalue weighted by Crippen LogP contribution is 2.39. The summed E-state index contributed by atoms with van der Waals surface area (Å²) in [6, 6.07) is 14.3. The maximum absolute atomic E-state index is 13.3. The number of nitrogens with zero attached hydrogens (tertiary/aromatic N) is 2. The Balaban J connectivity index is 1.69. The molecule has 2 aliphatic rings. The van der Waals surface area contributed by atoms with Gasteiger partial charge in [-0.05, 0) is 47.7 Å². The zero-order chi connectivity index (χ0) is 25.7. The minimum absolute atomic E-state index is 0.126. The number of Topliss-reactive ketones (excluding diaryl/α,β-unsaturated/α-hetero) is 1. The Hall–Kier alpha value is -3.16. The van der Waals surface area contributed by atoms with E-state index in [1.54, 1.807) is 29.2 Å². The van der Waals surface area contributed by atoms with Gasteiger partial charge in [-0.1, -0.05) is 45.0 Å². The molecule has 0 radical (unpaired) electrons. The molecule has 2 aliphatic heterocycles. The lowest BCUT2D eigenvalue weighted by Gasteiger charge is -2.31. The van der Waals surface area contributed by atoms with Gasteiger partial charge in [0.2, 0.25) is 0 Å². The molecule has 7 heteroatoms. The van der Waals surface area contributed by atoms with E-state index in [0.29, 0.717) is 50.1 Å². The molecule has 0 aromatic heterocycles. The Labute approximate surface area is 213 Å². The molecule has 0 spiro atoms. The minimum atomic E-state index is -0.654. The van der Waals surface area contributed by atoms with Gasteiger partial charge in [0.25, 0.3) is 11.7 Å². The number of carbonyl (C=O) groups excluding carboxylic acids is 2. The molecule has 0 bridgehead atoms. The number of amides is 1. The summed E-state index contributed by atoms with van der Waals surface area (Å²) >= 11 is 0. The predicted molar refractivity (Wildman–Crippen MR) is 139 cm³/mol.